The number of hydrogen-bond donors (Lipinski definition) is 1. The highest BCUT2D eigenvalue weighted by molar-refractivity contribution is 7.14. The molecule has 0 spiro atoms. The van der Waals surface area contributed by atoms with Crippen LogP contribution in [0.5, 0.6) is 5.75 Å². The summed E-state index contributed by atoms with van der Waals surface area (Å²) in [7, 11) is 1.29. The SMILES string of the molecule is COc1cc(-c2csc(NC(C)=O)n2)cc(C(F)(F)F)c1. The first-order valence-electron chi connectivity index (χ1n) is 5.79. The van der Waals surface area contributed by atoms with E-state index in [4.69, 9.17) is 4.74 Å². The monoisotopic (exact) mass is 316 g/mol. The topological polar surface area (TPSA) is 51.2 Å². The molecule has 1 amide bonds. The average molecular weight is 316 g/mol. The number of alkyl halides is 3. The van der Waals surface area contributed by atoms with Gasteiger partial charge >= 0.3 is 6.18 Å². The Hall–Kier alpha value is -2.09. The normalized spacial score (nSPS) is 11.3. The summed E-state index contributed by atoms with van der Waals surface area (Å²) >= 11 is 1.13. The molecular weight excluding hydrogens is 305 g/mol. The van der Waals surface area contributed by atoms with Gasteiger partial charge in [-0.15, -0.1) is 11.3 Å². The quantitative estimate of drug-likeness (QED) is 0.937. The number of anilines is 1. The van der Waals surface area contributed by atoms with Crippen LogP contribution in [-0.4, -0.2) is 18.0 Å². The summed E-state index contributed by atoms with van der Waals surface area (Å²) in [6, 6.07) is 3.38. The molecule has 0 saturated carbocycles. The summed E-state index contributed by atoms with van der Waals surface area (Å²) in [5.74, 6) is -0.202. The summed E-state index contributed by atoms with van der Waals surface area (Å²) in [6.07, 6.45) is -4.47. The number of aromatic nitrogens is 1. The molecule has 112 valence electrons. The zero-order valence-corrected chi connectivity index (χ0v) is 11.9. The van der Waals surface area contributed by atoms with Gasteiger partial charge in [0.2, 0.25) is 5.91 Å². The number of amides is 1. The van der Waals surface area contributed by atoms with Crippen molar-refractivity contribution in [2.45, 2.75) is 13.1 Å². The van der Waals surface area contributed by atoms with Crippen LogP contribution in [0.1, 0.15) is 12.5 Å². The summed E-state index contributed by atoms with van der Waals surface area (Å²) in [5, 5.41) is 4.38. The first-order chi connectivity index (χ1) is 9.79. The number of methoxy groups -OCH3 is 1. The first kappa shape index (κ1) is 15.3. The van der Waals surface area contributed by atoms with Gasteiger partial charge < -0.3 is 10.1 Å². The second-order valence-corrected chi connectivity index (χ2v) is 5.03. The molecule has 1 N–H and O–H groups in total. The predicted octanol–water partition coefficient (Wildman–Crippen LogP) is 3.80. The number of rotatable bonds is 3. The average Bonchev–Trinajstić information content (AvgIpc) is 2.84. The highest BCUT2D eigenvalue weighted by Gasteiger charge is 2.31. The molecule has 0 bridgehead atoms. The van der Waals surface area contributed by atoms with Crippen molar-refractivity contribution in [3.05, 3.63) is 29.1 Å². The minimum absolute atomic E-state index is 0.0916. The van der Waals surface area contributed by atoms with E-state index < -0.39 is 11.7 Å². The number of benzene rings is 1. The van der Waals surface area contributed by atoms with Gasteiger partial charge in [0.25, 0.3) is 0 Å². The minimum Gasteiger partial charge on any atom is -0.497 e. The van der Waals surface area contributed by atoms with Gasteiger partial charge in [-0.25, -0.2) is 4.98 Å². The van der Waals surface area contributed by atoms with Crippen molar-refractivity contribution in [2.75, 3.05) is 12.4 Å². The Morgan fingerprint density at radius 3 is 2.62 bits per heavy atom. The van der Waals surface area contributed by atoms with Crippen LogP contribution >= 0.6 is 11.3 Å². The number of carbonyl (C=O) groups is 1. The summed E-state index contributed by atoms with van der Waals surface area (Å²) < 4.78 is 43.4. The van der Waals surface area contributed by atoms with E-state index in [0.717, 1.165) is 23.5 Å². The largest absolute Gasteiger partial charge is 0.497 e. The van der Waals surface area contributed by atoms with Crippen molar-refractivity contribution in [1.82, 2.24) is 4.98 Å². The fourth-order valence-corrected chi connectivity index (χ4v) is 2.41. The number of ether oxygens (including phenoxy) is 1. The zero-order chi connectivity index (χ0) is 15.6. The van der Waals surface area contributed by atoms with Gasteiger partial charge in [-0.1, -0.05) is 0 Å². The smallest absolute Gasteiger partial charge is 0.416 e. The Balaban J connectivity index is 2.43. The molecule has 2 aromatic rings. The zero-order valence-electron chi connectivity index (χ0n) is 11.1. The molecule has 2 rings (SSSR count). The molecule has 0 aliphatic carbocycles. The molecule has 0 aliphatic heterocycles. The number of thiazole rings is 1. The molecule has 0 atom stereocenters. The molecule has 0 saturated heterocycles. The highest BCUT2D eigenvalue weighted by atomic mass is 32.1. The number of halogens is 3. The van der Waals surface area contributed by atoms with Crippen molar-refractivity contribution in [3.8, 4) is 17.0 Å². The Kier molecular flexibility index (Phi) is 4.17. The Morgan fingerprint density at radius 2 is 2.05 bits per heavy atom. The molecule has 1 heterocycles. The van der Waals surface area contributed by atoms with Crippen LogP contribution in [0, 0.1) is 0 Å². The molecule has 0 fully saturated rings. The van der Waals surface area contributed by atoms with Crippen molar-refractivity contribution in [3.63, 3.8) is 0 Å². The third-order valence-corrected chi connectivity index (χ3v) is 3.31. The lowest BCUT2D eigenvalue weighted by Crippen LogP contribution is -2.06. The van der Waals surface area contributed by atoms with Gasteiger partial charge in [0.1, 0.15) is 5.75 Å². The van der Waals surface area contributed by atoms with Gasteiger partial charge in [-0.05, 0) is 18.2 Å². The van der Waals surface area contributed by atoms with Crippen LogP contribution in [0.15, 0.2) is 23.6 Å². The highest BCUT2D eigenvalue weighted by Crippen LogP contribution is 2.36. The lowest BCUT2D eigenvalue weighted by molar-refractivity contribution is -0.137. The minimum atomic E-state index is -4.47. The van der Waals surface area contributed by atoms with Crippen LogP contribution in [0.25, 0.3) is 11.3 Å². The van der Waals surface area contributed by atoms with Gasteiger partial charge in [-0.2, -0.15) is 13.2 Å². The van der Waals surface area contributed by atoms with E-state index in [1.54, 1.807) is 5.38 Å². The second kappa shape index (κ2) is 5.72. The number of nitrogens with zero attached hydrogens (tertiary/aromatic N) is 1. The molecule has 0 radical (unpaired) electrons. The summed E-state index contributed by atoms with van der Waals surface area (Å²) in [5.41, 5.74) is -0.200. The van der Waals surface area contributed by atoms with Crippen molar-refractivity contribution in [1.29, 1.82) is 0 Å². The van der Waals surface area contributed by atoms with Gasteiger partial charge in [0.15, 0.2) is 5.13 Å². The second-order valence-electron chi connectivity index (χ2n) is 4.17. The fourth-order valence-electron chi connectivity index (χ4n) is 1.64. The van der Waals surface area contributed by atoms with E-state index in [-0.39, 0.29) is 17.2 Å². The van der Waals surface area contributed by atoms with Gasteiger partial charge in [0, 0.05) is 17.9 Å². The number of nitrogens with one attached hydrogen (secondary N) is 1. The maximum absolute atomic E-state index is 12.8. The maximum Gasteiger partial charge on any atom is 0.416 e. The van der Waals surface area contributed by atoms with E-state index in [2.05, 4.69) is 10.3 Å². The Morgan fingerprint density at radius 1 is 1.33 bits per heavy atom. The summed E-state index contributed by atoms with van der Waals surface area (Å²) in [6.45, 7) is 1.33. The number of carbonyl (C=O) groups excluding carboxylic acids is 1. The Bertz CT molecular complexity index is 668. The first-order valence-corrected chi connectivity index (χ1v) is 6.67. The molecule has 0 aliphatic rings. The van der Waals surface area contributed by atoms with Crippen LogP contribution in [0.3, 0.4) is 0 Å². The van der Waals surface area contributed by atoms with E-state index in [1.165, 1.54) is 20.1 Å². The molecule has 4 nitrogen and oxygen atoms in total. The standard InChI is InChI=1S/C13H11F3N2O2S/c1-7(19)17-12-18-11(6-21-12)8-3-9(13(14,15)16)5-10(4-8)20-2/h3-6H,1-2H3,(H,17,18,19). The molecule has 0 unspecified atom stereocenters. The molecular formula is C13H11F3N2O2S. The maximum atomic E-state index is 12.8. The van der Waals surface area contributed by atoms with E-state index in [0.29, 0.717) is 10.8 Å². The Labute approximate surface area is 122 Å². The predicted molar refractivity (Wildman–Crippen MR) is 73.4 cm³/mol. The van der Waals surface area contributed by atoms with Crippen LogP contribution in [0.4, 0.5) is 18.3 Å². The molecule has 8 heteroatoms. The van der Waals surface area contributed by atoms with Crippen molar-refractivity contribution in [2.24, 2.45) is 0 Å². The van der Waals surface area contributed by atoms with Crippen LogP contribution < -0.4 is 10.1 Å². The third-order valence-electron chi connectivity index (χ3n) is 2.55. The summed E-state index contributed by atoms with van der Waals surface area (Å²) in [4.78, 5) is 15.0. The number of hydrogen-bond acceptors (Lipinski definition) is 4. The molecule has 1 aromatic heterocycles. The third kappa shape index (κ3) is 3.72. The fraction of sp³-hybridized carbons (Fsp3) is 0.231. The van der Waals surface area contributed by atoms with E-state index >= 15 is 0 Å². The molecule has 21 heavy (non-hydrogen) atoms. The van der Waals surface area contributed by atoms with Crippen molar-refractivity contribution >= 4 is 22.4 Å². The van der Waals surface area contributed by atoms with Crippen LogP contribution in [-0.2, 0) is 11.0 Å². The van der Waals surface area contributed by atoms with E-state index in [1.807, 2.05) is 0 Å². The van der Waals surface area contributed by atoms with Gasteiger partial charge in [-0.3, -0.25) is 4.79 Å². The van der Waals surface area contributed by atoms with Crippen molar-refractivity contribution < 1.29 is 22.7 Å². The van der Waals surface area contributed by atoms with E-state index in [9.17, 15) is 18.0 Å². The lowest BCUT2D eigenvalue weighted by Gasteiger charge is -2.10. The lowest BCUT2D eigenvalue weighted by atomic mass is 10.1. The van der Waals surface area contributed by atoms with Crippen LogP contribution in [0.2, 0.25) is 0 Å². The van der Waals surface area contributed by atoms with Gasteiger partial charge in [0.05, 0.1) is 18.4 Å². The molecule has 1 aromatic carbocycles.